The lowest BCUT2D eigenvalue weighted by Crippen LogP contribution is -2.22. The summed E-state index contributed by atoms with van der Waals surface area (Å²) in [6, 6.07) is 17.8. The third-order valence-corrected chi connectivity index (χ3v) is 5.42. The zero-order chi connectivity index (χ0) is 22.2. The SMILES string of the molecule is COc1cc(C2NC(=O)c3oc4ccc(F)cc4c(=O)c32)ccc1OCc1ccccc1. The smallest absolute Gasteiger partial charge is 0.288 e. The number of nitrogens with one attached hydrogen (secondary N) is 1. The molecule has 1 atom stereocenters. The third-order valence-electron chi connectivity index (χ3n) is 5.42. The van der Waals surface area contributed by atoms with Crippen molar-refractivity contribution < 1.29 is 23.1 Å². The van der Waals surface area contributed by atoms with E-state index in [1.165, 1.54) is 19.2 Å². The Hall–Kier alpha value is -4.13. The minimum Gasteiger partial charge on any atom is -0.493 e. The van der Waals surface area contributed by atoms with Gasteiger partial charge in [0.05, 0.1) is 24.1 Å². The zero-order valence-corrected chi connectivity index (χ0v) is 17.1. The molecule has 5 rings (SSSR count). The molecule has 1 N–H and O–H groups in total. The van der Waals surface area contributed by atoms with Crippen LogP contribution < -0.4 is 20.2 Å². The van der Waals surface area contributed by atoms with Crippen molar-refractivity contribution in [1.29, 1.82) is 0 Å². The van der Waals surface area contributed by atoms with Gasteiger partial charge in [-0.3, -0.25) is 9.59 Å². The molecule has 1 unspecified atom stereocenters. The maximum Gasteiger partial charge on any atom is 0.288 e. The number of methoxy groups -OCH3 is 1. The molecule has 32 heavy (non-hydrogen) atoms. The average molecular weight is 431 g/mol. The van der Waals surface area contributed by atoms with Crippen LogP contribution in [0.5, 0.6) is 11.5 Å². The number of hydrogen-bond acceptors (Lipinski definition) is 5. The topological polar surface area (TPSA) is 77.8 Å². The predicted molar refractivity (Wildman–Crippen MR) is 116 cm³/mol. The summed E-state index contributed by atoms with van der Waals surface area (Å²) < 4.78 is 30.7. The Morgan fingerprint density at radius 2 is 1.81 bits per heavy atom. The second-order valence-corrected chi connectivity index (χ2v) is 7.41. The maximum absolute atomic E-state index is 13.7. The highest BCUT2D eigenvalue weighted by Crippen LogP contribution is 2.36. The normalized spacial score (nSPS) is 14.8. The third kappa shape index (κ3) is 3.37. The van der Waals surface area contributed by atoms with Gasteiger partial charge in [0.25, 0.3) is 5.91 Å². The highest BCUT2D eigenvalue weighted by Gasteiger charge is 2.36. The molecule has 0 saturated heterocycles. The fourth-order valence-corrected chi connectivity index (χ4v) is 3.85. The molecule has 0 saturated carbocycles. The van der Waals surface area contributed by atoms with E-state index in [2.05, 4.69) is 5.32 Å². The van der Waals surface area contributed by atoms with Crippen LogP contribution in [-0.4, -0.2) is 13.0 Å². The Balaban J connectivity index is 1.52. The van der Waals surface area contributed by atoms with Crippen molar-refractivity contribution in [2.24, 2.45) is 0 Å². The molecule has 0 fully saturated rings. The monoisotopic (exact) mass is 431 g/mol. The maximum atomic E-state index is 13.7. The molecule has 0 spiro atoms. The van der Waals surface area contributed by atoms with Crippen molar-refractivity contribution >= 4 is 16.9 Å². The number of fused-ring (bicyclic) bond motifs is 2. The van der Waals surface area contributed by atoms with Gasteiger partial charge in [-0.2, -0.15) is 0 Å². The van der Waals surface area contributed by atoms with Crippen molar-refractivity contribution in [3.05, 3.63) is 105 Å². The number of ether oxygens (including phenoxy) is 2. The first-order valence-corrected chi connectivity index (χ1v) is 9.97. The molecule has 6 nitrogen and oxygen atoms in total. The highest BCUT2D eigenvalue weighted by atomic mass is 19.1. The molecule has 160 valence electrons. The molecule has 0 bridgehead atoms. The van der Waals surface area contributed by atoms with Crippen LogP contribution in [0.15, 0.2) is 75.9 Å². The first kappa shape index (κ1) is 19.8. The predicted octanol–water partition coefficient (Wildman–Crippen LogP) is 4.35. The van der Waals surface area contributed by atoms with Gasteiger partial charge in [0.2, 0.25) is 5.76 Å². The summed E-state index contributed by atoms with van der Waals surface area (Å²) in [6.07, 6.45) is 0. The number of benzene rings is 3. The summed E-state index contributed by atoms with van der Waals surface area (Å²) in [5.41, 5.74) is 1.48. The second-order valence-electron chi connectivity index (χ2n) is 7.41. The molecule has 1 aromatic heterocycles. The molecule has 0 radical (unpaired) electrons. The Bertz CT molecular complexity index is 1400. The van der Waals surface area contributed by atoms with E-state index in [1.54, 1.807) is 18.2 Å². The lowest BCUT2D eigenvalue weighted by atomic mass is 9.99. The average Bonchev–Trinajstić information content (AvgIpc) is 3.15. The summed E-state index contributed by atoms with van der Waals surface area (Å²) in [4.78, 5) is 25.6. The molecular formula is C25H18FNO5. The fourth-order valence-electron chi connectivity index (χ4n) is 3.85. The Kier molecular flexibility index (Phi) is 4.86. The van der Waals surface area contributed by atoms with E-state index in [4.69, 9.17) is 13.9 Å². The first-order valence-electron chi connectivity index (χ1n) is 9.97. The van der Waals surface area contributed by atoms with Crippen LogP contribution in [0, 0.1) is 5.82 Å². The number of carbonyl (C=O) groups is 1. The van der Waals surface area contributed by atoms with E-state index in [0.29, 0.717) is 23.7 Å². The molecule has 1 amide bonds. The van der Waals surface area contributed by atoms with Gasteiger partial charge in [-0.05, 0) is 41.5 Å². The van der Waals surface area contributed by atoms with Gasteiger partial charge in [0, 0.05) is 0 Å². The van der Waals surface area contributed by atoms with Gasteiger partial charge < -0.3 is 19.2 Å². The molecule has 4 aromatic rings. The molecule has 7 heteroatoms. The summed E-state index contributed by atoms with van der Waals surface area (Å²) in [5, 5.41) is 2.86. The lowest BCUT2D eigenvalue weighted by Gasteiger charge is -2.16. The van der Waals surface area contributed by atoms with Crippen LogP contribution in [0.1, 0.15) is 33.3 Å². The molecule has 1 aliphatic rings. The number of hydrogen-bond donors (Lipinski definition) is 1. The molecule has 2 heterocycles. The van der Waals surface area contributed by atoms with Gasteiger partial charge in [0.15, 0.2) is 16.9 Å². The molecule has 1 aliphatic heterocycles. The number of carbonyl (C=O) groups excluding carboxylic acids is 1. The van der Waals surface area contributed by atoms with E-state index in [0.717, 1.165) is 11.6 Å². The van der Waals surface area contributed by atoms with Gasteiger partial charge in [-0.15, -0.1) is 0 Å². The van der Waals surface area contributed by atoms with Crippen molar-refractivity contribution in [3.8, 4) is 11.5 Å². The summed E-state index contributed by atoms with van der Waals surface area (Å²) in [7, 11) is 1.51. The minimum absolute atomic E-state index is 0.0671. The van der Waals surface area contributed by atoms with Crippen molar-refractivity contribution in [2.45, 2.75) is 12.6 Å². The van der Waals surface area contributed by atoms with Crippen LogP contribution in [-0.2, 0) is 6.61 Å². The second kappa shape index (κ2) is 7.85. The Labute approximate surface area is 182 Å². The van der Waals surface area contributed by atoms with Crippen molar-refractivity contribution in [2.75, 3.05) is 7.11 Å². The molecule has 0 aliphatic carbocycles. The number of halogens is 1. The van der Waals surface area contributed by atoms with E-state index in [9.17, 15) is 14.0 Å². The van der Waals surface area contributed by atoms with E-state index < -0.39 is 23.2 Å². The summed E-state index contributed by atoms with van der Waals surface area (Å²) >= 11 is 0. The molecular weight excluding hydrogens is 413 g/mol. The lowest BCUT2D eigenvalue weighted by molar-refractivity contribution is 0.0938. The summed E-state index contributed by atoms with van der Waals surface area (Å²) in [6.45, 7) is 0.362. The minimum atomic E-state index is -0.751. The fraction of sp³-hybridized carbons (Fsp3) is 0.120. The molecule has 3 aromatic carbocycles. The van der Waals surface area contributed by atoms with Crippen molar-refractivity contribution in [3.63, 3.8) is 0 Å². The van der Waals surface area contributed by atoms with Crippen LogP contribution in [0.4, 0.5) is 4.39 Å². The van der Waals surface area contributed by atoms with E-state index >= 15 is 0 Å². The van der Waals surface area contributed by atoms with Crippen molar-refractivity contribution in [1.82, 2.24) is 5.32 Å². The van der Waals surface area contributed by atoms with E-state index in [-0.39, 0.29) is 22.3 Å². The number of rotatable bonds is 5. The van der Waals surface area contributed by atoms with Crippen LogP contribution >= 0.6 is 0 Å². The van der Waals surface area contributed by atoms with Gasteiger partial charge >= 0.3 is 0 Å². The van der Waals surface area contributed by atoms with Gasteiger partial charge in [0.1, 0.15) is 18.0 Å². The number of amides is 1. The largest absolute Gasteiger partial charge is 0.493 e. The standard InChI is InChI=1S/C25H18FNO5/c1-30-20-11-15(7-9-19(20)31-13-14-5-3-2-4-6-14)22-21-23(28)17-12-16(26)8-10-18(17)32-24(21)25(29)27-22/h2-12,22H,13H2,1H3,(H,27,29). The Morgan fingerprint density at radius 3 is 2.59 bits per heavy atom. The van der Waals surface area contributed by atoms with Crippen LogP contribution in [0.3, 0.4) is 0 Å². The Morgan fingerprint density at radius 1 is 1.00 bits per heavy atom. The highest BCUT2D eigenvalue weighted by molar-refractivity contribution is 5.99. The van der Waals surface area contributed by atoms with Crippen LogP contribution in [0.2, 0.25) is 0 Å². The van der Waals surface area contributed by atoms with E-state index in [1.807, 2.05) is 30.3 Å². The zero-order valence-electron chi connectivity index (χ0n) is 17.1. The summed E-state index contributed by atoms with van der Waals surface area (Å²) in [5.74, 6) is -0.144. The van der Waals surface area contributed by atoms with Gasteiger partial charge in [-0.1, -0.05) is 36.4 Å². The van der Waals surface area contributed by atoms with Crippen LogP contribution in [0.25, 0.3) is 11.0 Å². The first-order chi connectivity index (χ1) is 15.5. The quantitative estimate of drug-likeness (QED) is 0.508. The van der Waals surface area contributed by atoms with Gasteiger partial charge in [-0.25, -0.2) is 4.39 Å².